The predicted molar refractivity (Wildman–Crippen MR) is 73.7 cm³/mol. The summed E-state index contributed by atoms with van der Waals surface area (Å²) < 4.78 is 0. The van der Waals surface area contributed by atoms with Crippen LogP contribution in [0.3, 0.4) is 0 Å². The quantitative estimate of drug-likeness (QED) is 0.572. The third-order valence-corrected chi connectivity index (χ3v) is 4.08. The van der Waals surface area contributed by atoms with Gasteiger partial charge in [0.1, 0.15) is 5.15 Å². The van der Waals surface area contributed by atoms with Crippen LogP contribution in [0.1, 0.15) is 29.2 Å². The molecule has 1 unspecified atom stereocenters. The summed E-state index contributed by atoms with van der Waals surface area (Å²) in [6.07, 6.45) is 1.80. The minimum Gasteiger partial charge on any atom is -0.222 e. The highest BCUT2D eigenvalue weighted by Crippen LogP contribution is 2.41. The van der Waals surface area contributed by atoms with Crippen molar-refractivity contribution in [2.45, 2.75) is 18.8 Å². The van der Waals surface area contributed by atoms with Crippen LogP contribution in [-0.2, 0) is 6.42 Å². The maximum atomic E-state index is 6.24. The lowest BCUT2D eigenvalue weighted by Crippen LogP contribution is -2.01. The number of halogens is 3. The average molecular weight is 300 g/mol. The zero-order chi connectivity index (χ0) is 12.7. The number of hydrogen-bond acceptors (Lipinski definition) is 2. The van der Waals surface area contributed by atoms with Crippen molar-refractivity contribution in [2.75, 3.05) is 0 Å². The van der Waals surface area contributed by atoms with E-state index in [1.165, 1.54) is 0 Å². The molecule has 0 amide bonds. The van der Waals surface area contributed by atoms with Crippen LogP contribution in [0.4, 0.5) is 0 Å². The van der Waals surface area contributed by atoms with Gasteiger partial charge >= 0.3 is 0 Å². The topological polar surface area (TPSA) is 25.8 Å². The van der Waals surface area contributed by atoms with Crippen LogP contribution in [0.2, 0.25) is 15.5 Å². The van der Waals surface area contributed by atoms with Crippen molar-refractivity contribution in [1.82, 2.24) is 9.97 Å². The van der Waals surface area contributed by atoms with Crippen molar-refractivity contribution in [1.29, 1.82) is 0 Å². The van der Waals surface area contributed by atoms with Gasteiger partial charge in [0, 0.05) is 16.5 Å². The average Bonchev–Trinajstić information content (AvgIpc) is 2.73. The summed E-state index contributed by atoms with van der Waals surface area (Å²) in [5.41, 5.74) is 2.97. The lowest BCUT2D eigenvalue weighted by molar-refractivity contribution is 0.772. The molecule has 3 rings (SSSR count). The molecule has 1 aromatic carbocycles. The van der Waals surface area contributed by atoms with Crippen LogP contribution < -0.4 is 0 Å². The van der Waals surface area contributed by atoms with E-state index in [2.05, 4.69) is 9.97 Å². The molecule has 1 aliphatic carbocycles. The summed E-state index contributed by atoms with van der Waals surface area (Å²) in [4.78, 5) is 8.31. The zero-order valence-corrected chi connectivity index (χ0v) is 11.6. The van der Waals surface area contributed by atoms with Crippen LogP contribution in [0, 0.1) is 0 Å². The van der Waals surface area contributed by atoms with E-state index in [0.29, 0.717) is 5.15 Å². The van der Waals surface area contributed by atoms with Crippen molar-refractivity contribution < 1.29 is 0 Å². The molecule has 0 aliphatic heterocycles. The highest BCUT2D eigenvalue weighted by molar-refractivity contribution is 6.32. The van der Waals surface area contributed by atoms with E-state index >= 15 is 0 Å². The van der Waals surface area contributed by atoms with Gasteiger partial charge in [0.25, 0.3) is 0 Å². The molecule has 92 valence electrons. The largest absolute Gasteiger partial charge is 0.224 e. The van der Waals surface area contributed by atoms with Gasteiger partial charge in [-0.05, 0) is 36.1 Å². The van der Waals surface area contributed by atoms with Crippen molar-refractivity contribution >= 4 is 34.8 Å². The van der Waals surface area contributed by atoms with Crippen molar-refractivity contribution in [3.05, 3.63) is 56.5 Å². The Morgan fingerprint density at radius 1 is 1.06 bits per heavy atom. The minimum atomic E-state index is 0.159. The van der Waals surface area contributed by atoms with Crippen LogP contribution in [0.5, 0.6) is 0 Å². The van der Waals surface area contributed by atoms with E-state index in [9.17, 15) is 0 Å². The first-order valence-electron chi connectivity index (χ1n) is 5.63. The van der Waals surface area contributed by atoms with Gasteiger partial charge in [0.15, 0.2) is 0 Å². The van der Waals surface area contributed by atoms with E-state index in [1.54, 1.807) is 0 Å². The fourth-order valence-electron chi connectivity index (χ4n) is 2.45. The SMILES string of the molecule is Clc1nc(Cl)c2c(n1)C(c1ccccc1Cl)CC2. The van der Waals surface area contributed by atoms with Crippen molar-refractivity contribution in [2.24, 2.45) is 0 Å². The van der Waals surface area contributed by atoms with Gasteiger partial charge in [0.2, 0.25) is 5.28 Å². The Balaban J connectivity index is 2.13. The van der Waals surface area contributed by atoms with Gasteiger partial charge in [-0.25, -0.2) is 9.97 Å². The molecule has 1 heterocycles. The Hall–Kier alpha value is -0.830. The summed E-state index contributed by atoms with van der Waals surface area (Å²) in [5.74, 6) is 0.159. The predicted octanol–water partition coefficient (Wildman–Crippen LogP) is 4.51. The Labute approximate surface area is 120 Å². The Kier molecular flexibility index (Phi) is 3.18. The van der Waals surface area contributed by atoms with Gasteiger partial charge in [-0.1, -0.05) is 41.4 Å². The molecule has 0 N–H and O–H groups in total. The van der Waals surface area contributed by atoms with Gasteiger partial charge in [0.05, 0.1) is 5.69 Å². The van der Waals surface area contributed by atoms with Crippen molar-refractivity contribution in [3.8, 4) is 0 Å². The monoisotopic (exact) mass is 298 g/mol. The van der Waals surface area contributed by atoms with Crippen LogP contribution in [-0.4, -0.2) is 9.97 Å². The molecule has 0 radical (unpaired) electrons. The van der Waals surface area contributed by atoms with E-state index in [1.807, 2.05) is 24.3 Å². The van der Waals surface area contributed by atoms with Gasteiger partial charge in [-0.3, -0.25) is 0 Å². The molecule has 0 spiro atoms. The van der Waals surface area contributed by atoms with E-state index in [-0.39, 0.29) is 11.2 Å². The van der Waals surface area contributed by atoms with Crippen LogP contribution >= 0.6 is 34.8 Å². The molecule has 0 fully saturated rings. The molecule has 2 nitrogen and oxygen atoms in total. The zero-order valence-electron chi connectivity index (χ0n) is 9.33. The number of aromatic nitrogens is 2. The maximum Gasteiger partial charge on any atom is 0.224 e. The molecule has 0 saturated heterocycles. The molecule has 0 saturated carbocycles. The molecule has 1 aliphatic rings. The fraction of sp³-hybridized carbons (Fsp3) is 0.231. The van der Waals surface area contributed by atoms with E-state index in [4.69, 9.17) is 34.8 Å². The summed E-state index contributed by atoms with van der Waals surface area (Å²) >= 11 is 18.2. The Morgan fingerprint density at radius 2 is 1.83 bits per heavy atom. The second-order valence-corrected chi connectivity index (χ2v) is 5.36. The first kappa shape index (κ1) is 12.2. The second kappa shape index (κ2) is 4.69. The number of nitrogens with zero attached hydrogens (tertiary/aromatic N) is 2. The van der Waals surface area contributed by atoms with Crippen LogP contribution in [0.25, 0.3) is 0 Å². The summed E-state index contributed by atoms with van der Waals surface area (Å²) in [5, 5.41) is 1.40. The number of fused-ring (bicyclic) bond motifs is 1. The summed E-state index contributed by atoms with van der Waals surface area (Å²) in [6.45, 7) is 0. The highest BCUT2D eigenvalue weighted by Gasteiger charge is 2.29. The third kappa shape index (κ3) is 1.99. The first-order chi connectivity index (χ1) is 8.66. The number of rotatable bonds is 1. The molecule has 18 heavy (non-hydrogen) atoms. The molecule has 0 bridgehead atoms. The normalized spacial score (nSPS) is 17.8. The molecule has 2 aromatic rings. The molecule has 1 atom stereocenters. The smallest absolute Gasteiger partial charge is 0.222 e. The number of benzene rings is 1. The molecular weight excluding hydrogens is 291 g/mol. The highest BCUT2D eigenvalue weighted by atomic mass is 35.5. The molecule has 1 aromatic heterocycles. The lowest BCUT2D eigenvalue weighted by atomic mass is 9.97. The molecule has 5 heteroatoms. The van der Waals surface area contributed by atoms with Gasteiger partial charge < -0.3 is 0 Å². The molecular formula is C13H9Cl3N2. The summed E-state index contributed by atoms with van der Waals surface area (Å²) in [6, 6.07) is 7.80. The third-order valence-electron chi connectivity index (χ3n) is 3.26. The lowest BCUT2D eigenvalue weighted by Gasteiger charge is -2.13. The first-order valence-corrected chi connectivity index (χ1v) is 6.76. The van der Waals surface area contributed by atoms with E-state index < -0.39 is 0 Å². The van der Waals surface area contributed by atoms with Gasteiger partial charge in [-0.15, -0.1) is 0 Å². The second-order valence-electron chi connectivity index (χ2n) is 4.26. The fourth-order valence-corrected chi connectivity index (χ4v) is 3.21. The Bertz CT molecular complexity index is 613. The van der Waals surface area contributed by atoms with E-state index in [0.717, 1.165) is 34.7 Å². The standard InChI is InChI=1S/C13H9Cl3N2/c14-10-4-2-1-3-7(10)8-5-6-9-11(8)17-13(16)18-12(9)15/h1-4,8H,5-6H2. The maximum absolute atomic E-state index is 6.24. The minimum absolute atomic E-state index is 0.159. The van der Waals surface area contributed by atoms with Gasteiger partial charge in [-0.2, -0.15) is 0 Å². The van der Waals surface area contributed by atoms with Crippen LogP contribution in [0.15, 0.2) is 24.3 Å². The Morgan fingerprint density at radius 3 is 2.61 bits per heavy atom. The number of hydrogen-bond donors (Lipinski definition) is 0. The van der Waals surface area contributed by atoms with Crippen molar-refractivity contribution in [3.63, 3.8) is 0 Å². The summed E-state index contributed by atoms with van der Waals surface area (Å²) in [7, 11) is 0.